The highest BCUT2D eigenvalue weighted by molar-refractivity contribution is 5.97. The molecule has 4 aromatic rings. The molecule has 1 amide bonds. The van der Waals surface area contributed by atoms with Gasteiger partial charge in [-0.25, -0.2) is 9.97 Å². The zero-order chi connectivity index (χ0) is 23.9. The quantitative estimate of drug-likeness (QED) is 0.470. The molecule has 0 radical (unpaired) electrons. The van der Waals surface area contributed by atoms with Crippen molar-refractivity contribution in [3.8, 4) is 0 Å². The molecule has 4 heterocycles. The van der Waals surface area contributed by atoms with Crippen molar-refractivity contribution in [3.63, 3.8) is 0 Å². The predicted molar refractivity (Wildman–Crippen MR) is 133 cm³/mol. The van der Waals surface area contributed by atoms with E-state index >= 15 is 0 Å². The molecule has 6 rings (SSSR count). The number of aromatic nitrogens is 5. The molecular weight excluding hydrogens is 440 g/mol. The summed E-state index contributed by atoms with van der Waals surface area (Å²) in [7, 11) is 0. The number of carbonyl (C=O) groups is 1. The molecule has 2 aromatic carbocycles. The summed E-state index contributed by atoms with van der Waals surface area (Å²) in [5, 5.41) is 14.2. The highest BCUT2D eigenvalue weighted by Crippen LogP contribution is 2.28. The fourth-order valence-corrected chi connectivity index (χ4v) is 5.27. The van der Waals surface area contributed by atoms with Crippen molar-refractivity contribution in [1.29, 1.82) is 0 Å². The first-order chi connectivity index (χ1) is 17.0. The number of rotatable bonds is 4. The van der Waals surface area contributed by atoms with E-state index in [1.54, 1.807) is 0 Å². The third kappa shape index (κ3) is 4.35. The Morgan fingerprint density at radius 2 is 1.89 bits per heavy atom. The molecule has 2 aromatic heterocycles. The Hall–Kier alpha value is -3.85. The minimum atomic E-state index is 0.0519. The number of amides is 1. The second-order valence-corrected chi connectivity index (χ2v) is 9.65. The first kappa shape index (κ1) is 21.7. The number of hydrogen-bond donors (Lipinski definition) is 2. The van der Waals surface area contributed by atoms with Gasteiger partial charge in [0.05, 0.1) is 5.69 Å². The van der Waals surface area contributed by atoms with E-state index in [0.29, 0.717) is 29.6 Å². The standard InChI is InChI=1S/C26H28N8O/c1-16-8-17(2)10-20(9-16)28-26-27-12-19-13-34(15-24(19)29-26)21-4-3-7-33(14-21)25(35)18-5-6-22-23(11-18)31-32-30-22/h5-6,8-12,21H,3-4,7,13-15H2,1-2H3,(H,27,28,29)(H,30,31,32). The zero-order valence-corrected chi connectivity index (χ0v) is 20.0. The normalized spacial score (nSPS) is 18.1. The van der Waals surface area contributed by atoms with Gasteiger partial charge in [0.15, 0.2) is 0 Å². The van der Waals surface area contributed by atoms with E-state index in [2.05, 4.69) is 62.7 Å². The van der Waals surface area contributed by atoms with Crippen LogP contribution in [-0.4, -0.2) is 60.2 Å². The van der Waals surface area contributed by atoms with Gasteiger partial charge in [-0.15, -0.1) is 0 Å². The third-order valence-electron chi connectivity index (χ3n) is 6.92. The Kier molecular flexibility index (Phi) is 5.41. The molecule has 0 aliphatic carbocycles. The fraction of sp³-hybridized carbons (Fsp3) is 0.346. The largest absolute Gasteiger partial charge is 0.337 e. The van der Waals surface area contributed by atoms with Crippen molar-refractivity contribution in [2.24, 2.45) is 0 Å². The van der Waals surface area contributed by atoms with Crippen LogP contribution in [0.15, 0.2) is 42.6 Å². The van der Waals surface area contributed by atoms with Crippen LogP contribution in [0, 0.1) is 13.8 Å². The van der Waals surface area contributed by atoms with Crippen LogP contribution in [0.25, 0.3) is 11.0 Å². The van der Waals surface area contributed by atoms with Gasteiger partial charge in [0, 0.05) is 55.2 Å². The van der Waals surface area contributed by atoms with Crippen molar-refractivity contribution < 1.29 is 4.79 Å². The van der Waals surface area contributed by atoms with Crippen LogP contribution in [0.3, 0.4) is 0 Å². The van der Waals surface area contributed by atoms with E-state index < -0.39 is 0 Å². The van der Waals surface area contributed by atoms with Gasteiger partial charge in [0.25, 0.3) is 5.91 Å². The lowest BCUT2D eigenvalue weighted by molar-refractivity contribution is 0.0567. The molecule has 178 valence electrons. The SMILES string of the molecule is Cc1cc(C)cc(Nc2ncc3c(n2)CN(C2CCCN(C(=O)c4ccc5n[nH]nc5c4)C2)C3)c1. The van der Waals surface area contributed by atoms with Crippen LogP contribution < -0.4 is 5.32 Å². The number of benzene rings is 2. The number of anilines is 2. The summed E-state index contributed by atoms with van der Waals surface area (Å²) in [5.74, 6) is 0.676. The van der Waals surface area contributed by atoms with Crippen LogP contribution in [-0.2, 0) is 13.1 Å². The van der Waals surface area contributed by atoms with Crippen LogP contribution in [0.5, 0.6) is 0 Å². The summed E-state index contributed by atoms with van der Waals surface area (Å²) >= 11 is 0. The molecule has 1 fully saturated rings. The monoisotopic (exact) mass is 468 g/mol. The Morgan fingerprint density at radius 1 is 1.06 bits per heavy atom. The second kappa shape index (κ2) is 8.74. The lowest BCUT2D eigenvalue weighted by atomic mass is 10.0. The molecule has 9 heteroatoms. The molecule has 35 heavy (non-hydrogen) atoms. The molecule has 9 nitrogen and oxygen atoms in total. The zero-order valence-electron chi connectivity index (χ0n) is 20.0. The Bertz CT molecular complexity index is 1390. The number of carbonyl (C=O) groups excluding carboxylic acids is 1. The number of aryl methyl sites for hydroxylation is 2. The van der Waals surface area contributed by atoms with Crippen LogP contribution in [0.1, 0.15) is 45.6 Å². The summed E-state index contributed by atoms with van der Waals surface area (Å²) in [4.78, 5) is 27.0. The number of nitrogens with zero attached hydrogens (tertiary/aromatic N) is 6. The van der Waals surface area contributed by atoms with Crippen LogP contribution in [0.4, 0.5) is 11.6 Å². The Labute approximate surface area is 203 Å². The average Bonchev–Trinajstić information content (AvgIpc) is 3.49. The van der Waals surface area contributed by atoms with Gasteiger partial charge in [-0.2, -0.15) is 15.4 Å². The number of likely N-dealkylation sites (tertiary alicyclic amines) is 1. The van der Waals surface area contributed by atoms with Crippen molar-refractivity contribution in [1.82, 2.24) is 35.2 Å². The van der Waals surface area contributed by atoms with Crippen molar-refractivity contribution in [3.05, 3.63) is 70.5 Å². The minimum Gasteiger partial charge on any atom is -0.337 e. The van der Waals surface area contributed by atoms with E-state index in [-0.39, 0.29) is 5.91 Å². The van der Waals surface area contributed by atoms with Gasteiger partial charge < -0.3 is 10.2 Å². The van der Waals surface area contributed by atoms with E-state index in [1.165, 1.54) is 11.1 Å². The summed E-state index contributed by atoms with van der Waals surface area (Å²) in [6.45, 7) is 7.25. The first-order valence-corrected chi connectivity index (χ1v) is 12.1. The molecule has 2 N–H and O–H groups in total. The smallest absolute Gasteiger partial charge is 0.253 e. The lowest BCUT2D eigenvalue weighted by Gasteiger charge is -2.37. The first-order valence-electron chi connectivity index (χ1n) is 12.1. The summed E-state index contributed by atoms with van der Waals surface area (Å²) in [5.41, 5.74) is 7.77. The number of fused-ring (bicyclic) bond motifs is 2. The van der Waals surface area contributed by atoms with Crippen LogP contribution >= 0.6 is 0 Å². The molecule has 2 aliphatic rings. The molecule has 1 unspecified atom stereocenters. The molecule has 0 bridgehead atoms. The Morgan fingerprint density at radius 3 is 2.74 bits per heavy atom. The Balaban J connectivity index is 1.13. The summed E-state index contributed by atoms with van der Waals surface area (Å²) in [6.07, 6.45) is 3.99. The number of hydrogen-bond acceptors (Lipinski definition) is 7. The molecule has 2 aliphatic heterocycles. The number of piperidine rings is 1. The topological polar surface area (TPSA) is 103 Å². The van der Waals surface area contributed by atoms with E-state index in [9.17, 15) is 4.79 Å². The summed E-state index contributed by atoms with van der Waals surface area (Å²) < 4.78 is 0. The van der Waals surface area contributed by atoms with Gasteiger partial charge in [-0.1, -0.05) is 6.07 Å². The minimum absolute atomic E-state index is 0.0519. The van der Waals surface area contributed by atoms with Gasteiger partial charge in [-0.3, -0.25) is 9.69 Å². The molecule has 0 spiro atoms. The number of aromatic amines is 1. The van der Waals surface area contributed by atoms with Crippen molar-refractivity contribution >= 4 is 28.6 Å². The molecule has 1 atom stereocenters. The van der Waals surface area contributed by atoms with Crippen molar-refractivity contribution in [2.45, 2.75) is 45.8 Å². The van der Waals surface area contributed by atoms with Gasteiger partial charge >= 0.3 is 0 Å². The van der Waals surface area contributed by atoms with Crippen LogP contribution in [0.2, 0.25) is 0 Å². The second-order valence-electron chi connectivity index (χ2n) is 9.65. The highest BCUT2D eigenvalue weighted by Gasteiger charge is 2.32. The van der Waals surface area contributed by atoms with E-state index in [4.69, 9.17) is 4.98 Å². The van der Waals surface area contributed by atoms with Crippen molar-refractivity contribution in [2.75, 3.05) is 18.4 Å². The third-order valence-corrected chi connectivity index (χ3v) is 6.92. The van der Waals surface area contributed by atoms with E-state index in [1.807, 2.05) is 29.3 Å². The molecule has 1 saturated heterocycles. The molecular formula is C26H28N8O. The highest BCUT2D eigenvalue weighted by atomic mass is 16.2. The number of H-pyrrole nitrogens is 1. The number of nitrogens with one attached hydrogen (secondary N) is 2. The lowest BCUT2D eigenvalue weighted by Crippen LogP contribution is -2.48. The van der Waals surface area contributed by atoms with Gasteiger partial charge in [0.1, 0.15) is 11.0 Å². The molecule has 0 saturated carbocycles. The maximum atomic E-state index is 13.2. The average molecular weight is 469 g/mol. The maximum absolute atomic E-state index is 13.2. The van der Waals surface area contributed by atoms with Gasteiger partial charge in [-0.05, 0) is 68.1 Å². The maximum Gasteiger partial charge on any atom is 0.253 e. The van der Waals surface area contributed by atoms with E-state index in [0.717, 1.165) is 54.9 Å². The summed E-state index contributed by atoms with van der Waals surface area (Å²) in [6, 6.07) is 12.1. The predicted octanol–water partition coefficient (Wildman–Crippen LogP) is 3.73. The van der Waals surface area contributed by atoms with Gasteiger partial charge in [0.2, 0.25) is 5.95 Å². The fourth-order valence-electron chi connectivity index (χ4n) is 5.27.